The minimum absolute atomic E-state index is 0.118. The number of carbonyl (C=O) groups is 1. The lowest BCUT2D eigenvalue weighted by atomic mass is 10.1. The number of ether oxygens (including phenoxy) is 1. The first-order valence-corrected chi connectivity index (χ1v) is 5.10. The van der Waals surface area contributed by atoms with Gasteiger partial charge in [0.2, 0.25) is 0 Å². The number of nitrogens with zero attached hydrogens (tertiary/aromatic N) is 1. The molecule has 2 saturated heterocycles. The van der Waals surface area contributed by atoms with E-state index < -0.39 is 0 Å². The Kier molecular flexibility index (Phi) is 2.28. The van der Waals surface area contributed by atoms with E-state index in [-0.39, 0.29) is 12.0 Å². The van der Waals surface area contributed by atoms with Gasteiger partial charge in [0.05, 0.1) is 6.61 Å². The van der Waals surface area contributed by atoms with Crippen molar-refractivity contribution < 1.29 is 9.53 Å². The SMILES string of the molecule is CC1CC(C)N(C(=O)C2CCO2)C1. The summed E-state index contributed by atoms with van der Waals surface area (Å²) in [4.78, 5) is 13.8. The number of likely N-dealkylation sites (tertiary alicyclic amines) is 1. The van der Waals surface area contributed by atoms with Crippen LogP contribution in [0.2, 0.25) is 0 Å². The van der Waals surface area contributed by atoms with Gasteiger partial charge in [-0.3, -0.25) is 4.79 Å². The van der Waals surface area contributed by atoms with Gasteiger partial charge in [-0.05, 0) is 19.3 Å². The predicted octanol–water partition coefficient (Wildman–Crippen LogP) is 1.03. The van der Waals surface area contributed by atoms with Crippen molar-refractivity contribution in [1.82, 2.24) is 4.90 Å². The second-order valence-corrected chi connectivity index (χ2v) is 4.33. The number of hydrogen-bond donors (Lipinski definition) is 0. The van der Waals surface area contributed by atoms with Crippen LogP contribution in [0, 0.1) is 5.92 Å². The van der Waals surface area contributed by atoms with Gasteiger partial charge < -0.3 is 9.64 Å². The Labute approximate surface area is 79.0 Å². The van der Waals surface area contributed by atoms with Crippen molar-refractivity contribution in [3.8, 4) is 0 Å². The lowest BCUT2D eigenvalue weighted by Gasteiger charge is -2.31. The van der Waals surface area contributed by atoms with Gasteiger partial charge in [-0.2, -0.15) is 0 Å². The van der Waals surface area contributed by atoms with Gasteiger partial charge >= 0.3 is 0 Å². The molecular formula is C10H17NO2. The third-order valence-corrected chi connectivity index (χ3v) is 3.04. The Morgan fingerprint density at radius 1 is 1.46 bits per heavy atom. The molecule has 0 radical (unpaired) electrons. The second-order valence-electron chi connectivity index (χ2n) is 4.33. The van der Waals surface area contributed by atoms with E-state index in [1.165, 1.54) is 0 Å². The molecule has 0 bridgehead atoms. The predicted molar refractivity (Wildman–Crippen MR) is 49.3 cm³/mol. The summed E-state index contributed by atoms with van der Waals surface area (Å²) in [6, 6.07) is 0.409. The minimum atomic E-state index is -0.118. The molecule has 3 atom stereocenters. The molecule has 2 aliphatic rings. The molecule has 0 aliphatic carbocycles. The van der Waals surface area contributed by atoms with E-state index in [4.69, 9.17) is 4.74 Å². The van der Waals surface area contributed by atoms with Crippen LogP contribution in [0.4, 0.5) is 0 Å². The van der Waals surface area contributed by atoms with Crippen LogP contribution in [0.25, 0.3) is 0 Å². The average molecular weight is 183 g/mol. The Morgan fingerprint density at radius 3 is 2.54 bits per heavy atom. The molecule has 13 heavy (non-hydrogen) atoms. The minimum Gasteiger partial charge on any atom is -0.368 e. The van der Waals surface area contributed by atoms with E-state index in [1.54, 1.807) is 0 Å². The molecule has 3 heteroatoms. The smallest absolute Gasteiger partial charge is 0.252 e. The van der Waals surface area contributed by atoms with E-state index in [0.717, 1.165) is 26.0 Å². The van der Waals surface area contributed by atoms with Gasteiger partial charge in [0.25, 0.3) is 5.91 Å². The summed E-state index contributed by atoms with van der Waals surface area (Å²) in [6.07, 6.45) is 1.93. The van der Waals surface area contributed by atoms with Crippen molar-refractivity contribution >= 4 is 5.91 Å². The molecule has 1 amide bonds. The molecule has 3 nitrogen and oxygen atoms in total. The lowest BCUT2D eigenvalue weighted by Crippen LogP contribution is -2.46. The first-order chi connectivity index (χ1) is 6.18. The van der Waals surface area contributed by atoms with Crippen molar-refractivity contribution in [2.75, 3.05) is 13.2 Å². The molecule has 2 rings (SSSR count). The highest BCUT2D eigenvalue weighted by molar-refractivity contribution is 5.82. The first kappa shape index (κ1) is 9.00. The van der Waals surface area contributed by atoms with Crippen LogP contribution >= 0.6 is 0 Å². The summed E-state index contributed by atoms with van der Waals surface area (Å²) < 4.78 is 5.20. The first-order valence-electron chi connectivity index (χ1n) is 5.10. The number of amides is 1. The third-order valence-electron chi connectivity index (χ3n) is 3.04. The van der Waals surface area contributed by atoms with Crippen LogP contribution in [0.3, 0.4) is 0 Å². The number of hydrogen-bond acceptors (Lipinski definition) is 2. The average Bonchev–Trinajstić information content (AvgIpc) is 2.26. The van der Waals surface area contributed by atoms with E-state index in [2.05, 4.69) is 13.8 Å². The zero-order valence-electron chi connectivity index (χ0n) is 8.32. The monoisotopic (exact) mass is 183 g/mol. The van der Waals surface area contributed by atoms with Crippen LogP contribution in [-0.2, 0) is 9.53 Å². The van der Waals surface area contributed by atoms with Crippen molar-refractivity contribution in [2.45, 2.75) is 38.8 Å². The molecule has 2 fully saturated rings. The summed E-state index contributed by atoms with van der Waals surface area (Å²) in [7, 11) is 0. The van der Waals surface area contributed by atoms with Gasteiger partial charge in [0, 0.05) is 19.0 Å². The van der Waals surface area contributed by atoms with Crippen molar-refractivity contribution in [3.05, 3.63) is 0 Å². The number of carbonyl (C=O) groups excluding carboxylic acids is 1. The highest BCUT2D eigenvalue weighted by Gasteiger charge is 2.36. The van der Waals surface area contributed by atoms with Crippen molar-refractivity contribution in [3.63, 3.8) is 0 Å². The maximum absolute atomic E-state index is 11.8. The Bertz CT molecular complexity index is 213. The quantitative estimate of drug-likeness (QED) is 0.607. The molecule has 0 aromatic rings. The largest absolute Gasteiger partial charge is 0.368 e. The lowest BCUT2D eigenvalue weighted by molar-refractivity contribution is -0.156. The summed E-state index contributed by atoms with van der Waals surface area (Å²) in [5, 5.41) is 0. The number of rotatable bonds is 1. The van der Waals surface area contributed by atoms with Gasteiger partial charge in [0.1, 0.15) is 6.10 Å². The van der Waals surface area contributed by atoms with Crippen LogP contribution in [-0.4, -0.2) is 36.1 Å². The van der Waals surface area contributed by atoms with E-state index in [1.807, 2.05) is 4.90 Å². The molecule has 0 saturated carbocycles. The molecule has 3 unspecified atom stereocenters. The van der Waals surface area contributed by atoms with Crippen LogP contribution in [0.1, 0.15) is 26.7 Å². The summed E-state index contributed by atoms with van der Waals surface area (Å²) in [5.74, 6) is 0.863. The maximum atomic E-state index is 11.8. The van der Waals surface area contributed by atoms with Gasteiger partial charge in [-0.15, -0.1) is 0 Å². The van der Waals surface area contributed by atoms with E-state index in [0.29, 0.717) is 12.0 Å². The fourth-order valence-corrected chi connectivity index (χ4v) is 2.22. The molecule has 0 aromatic carbocycles. The molecule has 0 spiro atoms. The topological polar surface area (TPSA) is 29.5 Å². The van der Waals surface area contributed by atoms with E-state index in [9.17, 15) is 4.79 Å². The van der Waals surface area contributed by atoms with Crippen LogP contribution in [0.5, 0.6) is 0 Å². The Hall–Kier alpha value is -0.570. The van der Waals surface area contributed by atoms with Crippen LogP contribution in [0.15, 0.2) is 0 Å². The summed E-state index contributed by atoms with van der Waals surface area (Å²) in [6.45, 7) is 6.00. The summed E-state index contributed by atoms with van der Waals surface area (Å²) >= 11 is 0. The van der Waals surface area contributed by atoms with Crippen molar-refractivity contribution in [1.29, 1.82) is 0 Å². The highest BCUT2D eigenvalue weighted by atomic mass is 16.5. The summed E-state index contributed by atoms with van der Waals surface area (Å²) in [5.41, 5.74) is 0. The van der Waals surface area contributed by atoms with Gasteiger partial charge in [-0.25, -0.2) is 0 Å². The molecule has 0 aromatic heterocycles. The second kappa shape index (κ2) is 3.29. The zero-order chi connectivity index (χ0) is 9.42. The standard InChI is InChI=1S/C10H17NO2/c1-7-5-8(2)11(6-7)10(12)9-3-4-13-9/h7-9H,3-6H2,1-2H3. The fraction of sp³-hybridized carbons (Fsp3) is 0.900. The van der Waals surface area contributed by atoms with Crippen LogP contribution < -0.4 is 0 Å². The molecule has 74 valence electrons. The zero-order valence-corrected chi connectivity index (χ0v) is 8.32. The van der Waals surface area contributed by atoms with E-state index >= 15 is 0 Å². The molecule has 2 heterocycles. The molecule has 2 aliphatic heterocycles. The molecular weight excluding hydrogens is 166 g/mol. The highest BCUT2D eigenvalue weighted by Crippen LogP contribution is 2.25. The maximum Gasteiger partial charge on any atom is 0.252 e. The van der Waals surface area contributed by atoms with Gasteiger partial charge in [-0.1, -0.05) is 6.92 Å². The fourth-order valence-electron chi connectivity index (χ4n) is 2.22. The Morgan fingerprint density at radius 2 is 2.15 bits per heavy atom. The molecule has 0 N–H and O–H groups in total. The normalized spacial score (nSPS) is 38.9. The Balaban J connectivity index is 1.95. The van der Waals surface area contributed by atoms with Crippen molar-refractivity contribution in [2.24, 2.45) is 5.92 Å². The van der Waals surface area contributed by atoms with Gasteiger partial charge in [0.15, 0.2) is 0 Å². The third kappa shape index (κ3) is 1.57.